The first-order valence-corrected chi connectivity index (χ1v) is 29.8. The second-order valence-corrected chi connectivity index (χ2v) is 34.5. The fourth-order valence-corrected chi connectivity index (χ4v) is 6.34. The molecule has 0 saturated heterocycles. The molecule has 0 radical (unpaired) electrons. The molecule has 46 heavy (non-hydrogen) atoms. The number of hydrogen-bond acceptors (Lipinski definition) is 0. The fourth-order valence-electron chi connectivity index (χ4n) is 6.34. The molecule has 0 amide bonds. The van der Waals surface area contributed by atoms with E-state index in [9.17, 15) is 0 Å². The van der Waals surface area contributed by atoms with E-state index in [0.717, 1.165) is 0 Å². The molecule has 0 spiro atoms. The van der Waals surface area contributed by atoms with Gasteiger partial charge in [0.15, 0.2) is 0 Å². The van der Waals surface area contributed by atoms with Crippen molar-refractivity contribution >= 4 is 53.1 Å². The third-order valence-electron chi connectivity index (χ3n) is 8.11. The van der Waals surface area contributed by atoms with Gasteiger partial charge in [-0.25, -0.2) is 0 Å². The molecular weight excluding hydrogens is 826 g/mol. The van der Waals surface area contributed by atoms with Crippen molar-refractivity contribution in [3.05, 3.63) is 157 Å². The van der Waals surface area contributed by atoms with Crippen molar-refractivity contribution in [1.29, 1.82) is 0 Å². The van der Waals surface area contributed by atoms with E-state index < -0.39 is 0 Å². The van der Waals surface area contributed by atoms with Crippen molar-refractivity contribution in [2.24, 2.45) is 0 Å². The van der Waals surface area contributed by atoms with Crippen molar-refractivity contribution in [2.75, 3.05) is 0 Å². The van der Waals surface area contributed by atoms with Gasteiger partial charge in [-0.1, -0.05) is 122 Å². The van der Waals surface area contributed by atoms with Crippen molar-refractivity contribution in [3.8, 4) is 22.3 Å². The molecule has 0 bridgehead atoms. The minimum absolute atomic E-state index is 0. The molecule has 0 aromatic heterocycles. The van der Waals surface area contributed by atoms with Crippen LogP contribution in [0.4, 0.5) is 0 Å². The van der Waals surface area contributed by atoms with E-state index in [1.165, 1.54) is 97.7 Å². The zero-order chi connectivity index (χ0) is 30.6. The van der Waals surface area contributed by atoms with Crippen LogP contribution in [0.5, 0.6) is 0 Å². The van der Waals surface area contributed by atoms with Crippen LogP contribution in [-0.4, -0.2) is 10.1 Å². The third-order valence-corrected chi connectivity index (χ3v) is 8.11. The monoisotopic (exact) mass is 864 g/mol. The summed E-state index contributed by atoms with van der Waals surface area (Å²) in [5.41, 5.74) is 8.11. The van der Waals surface area contributed by atoms with Gasteiger partial charge in [-0.05, 0) is 21.5 Å². The van der Waals surface area contributed by atoms with Crippen molar-refractivity contribution in [1.82, 2.24) is 0 Å². The van der Waals surface area contributed by atoms with E-state index in [-0.39, 0.29) is 34.9 Å². The Morgan fingerprint density at radius 2 is 0.739 bits per heavy atom. The molecule has 228 valence electrons. The number of rotatable bonds is 2. The molecule has 0 unspecified atom stereocenters. The normalized spacial score (nSPS) is 10.4. The van der Waals surface area contributed by atoms with Crippen LogP contribution in [0.25, 0.3) is 65.3 Å². The number of fused-ring (bicyclic) bond motifs is 4. The maximum atomic E-state index is 2.40. The summed E-state index contributed by atoms with van der Waals surface area (Å²) in [5.74, 6) is 4.79. The van der Waals surface area contributed by atoms with Gasteiger partial charge in [-0.15, -0.1) is 92.3 Å². The SMILES string of the molecule is Cc1[cH-]c2ccccc2c1-c1cccc2ccccc12.Cc1[cH-]c2ccccc2c1-c1cccc2ccccc12.[CH3][Ge]([CH3])=[Hf+2].[Cl-].[Cl-]. The molecule has 8 aromatic rings. The molecule has 0 aliphatic carbocycles. The largest absolute Gasteiger partial charge is 1.00 e. The Kier molecular flexibility index (Phi) is 12.7. The minimum atomic E-state index is -0.194. The van der Waals surface area contributed by atoms with Crippen LogP contribution >= 0.6 is 0 Å². The van der Waals surface area contributed by atoms with E-state index in [1.807, 2.05) is 0 Å². The van der Waals surface area contributed by atoms with Crippen LogP contribution in [-0.2, 0) is 21.3 Å². The van der Waals surface area contributed by atoms with Crippen LogP contribution in [0.1, 0.15) is 11.1 Å². The van der Waals surface area contributed by atoms with Crippen molar-refractivity contribution in [3.63, 3.8) is 0 Å². The summed E-state index contributed by atoms with van der Waals surface area (Å²) in [6, 6.07) is 52.2. The number of halogens is 2. The van der Waals surface area contributed by atoms with Gasteiger partial charge in [0.1, 0.15) is 0 Å². The predicted molar refractivity (Wildman–Crippen MR) is 192 cm³/mol. The molecule has 0 nitrogen and oxygen atoms in total. The quantitative estimate of drug-likeness (QED) is 0.144. The molecule has 8 aromatic carbocycles. The first-order chi connectivity index (χ1) is 21.4. The Morgan fingerprint density at radius 1 is 0.435 bits per heavy atom. The molecule has 8 rings (SSSR count). The van der Waals surface area contributed by atoms with E-state index in [4.69, 9.17) is 0 Å². The second-order valence-electron chi connectivity index (χ2n) is 11.6. The van der Waals surface area contributed by atoms with Gasteiger partial charge < -0.3 is 24.8 Å². The third kappa shape index (κ3) is 7.61. The fraction of sp³-hybridized carbons (Fsp3) is 0.0952. The molecule has 0 atom stereocenters. The van der Waals surface area contributed by atoms with E-state index in [1.54, 1.807) is 0 Å². The van der Waals surface area contributed by atoms with Crippen molar-refractivity contribution in [2.45, 2.75) is 25.4 Å². The standard InChI is InChI=1S/2C20H15.C2H6Ge.2ClH.Hf/c2*1-14-13-16-8-3-5-11-18(16)20(14)19-12-6-9-15-7-2-4-10-17(15)19;1-3-2;;;/h2*2-13H,1H3;1-2H3;2*1H;/q2*-1;;;;+2/p-2. The van der Waals surface area contributed by atoms with Gasteiger partial charge in [0, 0.05) is 0 Å². The summed E-state index contributed by atoms with van der Waals surface area (Å²) in [5, 5.41) is 10.6. The summed E-state index contributed by atoms with van der Waals surface area (Å²) in [6.45, 7) is 4.41. The zero-order valence-corrected chi connectivity index (χ0v) is 33.8. The number of hydrogen-bond donors (Lipinski definition) is 0. The summed E-state index contributed by atoms with van der Waals surface area (Å²) < 4.78 is 0. The van der Waals surface area contributed by atoms with Crippen LogP contribution in [0.2, 0.25) is 11.5 Å². The van der Waals surface area contributed by atoms with Crippen molar-refractivity contribution < 1.29 is 46.1 Å². The molecule has 0 fully saturated rings. The van der Waals surface area contributed by atoms with E-state index >= 15 is 0 Å². The first-order valence-electron chi connectivity index (χ1n) is 15.2. The first kappa shape index (κ1) is 35.9. The summed E-state index contributed by atoms with van der Waals surface area (Å²) in [6.07, 6.45) is 0. The topological polar surface area (TPSA) is 0 Å². The molecule has 4 heteroatoms. The summed E-state index contributed by atoms with van der Waals surface area (Å²) in [7, 11) is -0.194. The van der Waals surface area contributed by atoms with Crippen LogP contribution in [0.15, 0.2) is 146 Å². The van der Waals surface area contributed by atoms with E-state index in [0.29, 0.717) is 0 Å². The average molecular weight is 863 g/mol. The Bertz CT molecular complexity index is 2090. The minimum Gasteiger partial charge on any atom is -1.00 e. The zero-order valence-electron chi connectivity index (χ0n) is 26.6. The second kappa shape index (κ2) is 16.2. The van der Waals surface area contributed by atoms with Gasteiger partial charge in [-0.3, -0.25) is 0 Å². The van der Waals surface area contributed by atoms with Gasteiger partial charge >= 0.3 is 42.8 Å². The predicted octanol–water partition coefficient (Wildman–Crippen LogP) is 6.17. The van der Waals surface area contributed by atoms with E-state index in [2.05, 4.69) is 171 Å². The molecule has 0 aliphatic rings. The number of aryl methyl sites for hydroxylation is 2. The molecule has 0 heterocycles. The average Bonchev–Trinajstić information content (AvgIpc) is 3.55. The number of benzene rings is 6. The Balaban J connectivity index is 0.000000180. The maximum Gasteiger partial charge on any atom is -1.00 e. The van der Waals surface area contributed by atoms with Gasteiger partial charge in [0.25, 0.3) is 0 Å². The van der Waals surface area contributed by atoms with Crippen LogP contribution in [0, 0.1) is 13.8 Å². The molecule has 0 saturated carbocycles. The van der Waals surface area contributed by atoms with Gasteiger partial charge in [-0.2, -0.15) is 0 Å². The summed E-state index contributed by atoms with van der Waals surface area (Å²) in [4.78, 5) is 0. The van der Waals surface area contributed by atoms with Crippen LogP contribution in [0.3, 0.4) is 0 Å². The smallest absolute Gasteiger partial charge is 1.00 e. The Hall–Kier alpha value is -2.95. The van der Waals surface area contributed by atoms with Gasteiger partial charge in [0.05, 0.1) is 0 Å². The Labute approximate surface area is 301 Å². The Morgan fingerprint density at radius 3 is 1.13 bits per heavy atom. The van der Waals surface area contributed by atoms with Gasteiger partial charge in [0.2, 0.25) is 0 Å². The molecule has 0 N–H and O–H groups in total. The molecule has 0 aliphatic heterocycles. The summed E-state index contributed by atoms with van der Waals surface area (Å²) >= 11 is 1.52. The maximum absolute atomic E-state index is 2.40. The van der Waals surface area contributed by atoms with Crippen LogP contribution < -0.4 is 24.8 Å². The molecular formula is C42H36Cl2GeHf-2.